The number of amides is 1. The van der Waals surface area contributed by atoms with Crippen molar-refractivity contribution in [2.24, 2.45) is 11.8 Å². The van der Waals surface area contributed by atoms with Gasteiger partial charge in [-0.1, -0.05) is 18.2 Å². The van der Waals surface area contributed by atoms with Crippen molar-refractivity contribution in [3.05, 3.63) is 52.3 Å². The van der Waals surface area contributed by atoms with Gasteiger partial charge in [-0.05, 0) is 42.2 Å². The van der Waals surface area contributed by atoms with Crippen LogP contribution in [0, 0.1) is 11.8 Å². The fourth-order valence-electron chi connectivity index (χ4n) is 5.71. The van der Waals surface area contributed by atoms with Crippen molar-refractivity contribution in [2.45, 2.75) is 37.9 Å². The summed E-state index contributed by atoms with van der Waals surface area (Å²) in [6.07, 6.45) is -1.54. The first-order valence-corrected chi connectivity index (χ1v) is 12.8. The van der Waals surface area contributed by atoms with Crippen molar-refractivity contribution in [3.63, 3.8) is 0 Å². The van der Waals surface area contributed by atoms with E-state index < -0.39 is 21.8 Å². The number of likely N-dealkylation sites (tertiary alicyclic amines) is 1. The van der Waals surface area contributed by atoms with Crippen molar-refractivity contribution >= 4 is 15.9 Å². The van der Waals surface area contributed by atoms with Gasteiger partial charge in [0, 0.05) is 43.9 Å². The quantitative estimate of drug-likeness (QED) is 0.729. The third-order valence-corrected chi connectivity index (χ3v) is 8.56. The molecule has 3 aliphatic rings. The summed E-state index contributed by atoms with van der Waals surface area (Å²) in [6.45, 7) is 1.41. The zero-order chi connectivity index (χ0) is 23.5. The fourth-order valence-corrected chi connectivity index (χ4v) is 6.50. The van der Waals surface area contributed by atoms with Crippen LogP contribution < -0.4 is 0 Å². The van der Waals surface area contributed by atoms with Crippen LogP contribution in [-0.2, 0) is 29.2 Å². The number of benzene rings is 1. The molecule has 33 heavy (non-hydrogen) atoms. The van der Waals surface area contributed by atoms with E-state index in [1.807, 2.05) is 0 Å². The summed E-state index contributed by atoms with van der Waals surface area (Å²) in [5.74, 6) is -0.133. The van der Waals surface area contributed by atoms with Gasteiger partial charge in [0.2, 0.25) is 10.0 Å². The summed E-state index contributed by atoms with van der Waals surface area (Å²) in [5.41, 5.74) is 1.42. The number of H-pyrrole nitrogens is 1. The molecule has 3 heterocycles. The number of carbonyl (C=O) groups is 1. The van der Waals surface area contributed by atoms with Crippen LogP contribution in [0.15, 0.2) is 24.3 Å². The summed E-state index contributed by atoms with van der Waals surface area (Å²) in [5, 5.41) is 7.07. The molecule has 1 amide bonds. The number of aromatic nitrogens is 2. The maximum atomic E-state index is 13.5. The van der Waals surface area contributed by atoms with Crippen molar-refractivity contribution in [3.8, 4) is 0 Å². The maximum absolute atomic E-state index is 13.5. The molecule has 1 saturated heterocycles. The number of hydrogen-bond donors (Lipinski definition) is 1. The van der Waals surface area contributed by atoms with Crippen molar-refractivity contribution < 1.29 is 26.4 Å². The van der Waals surface area contributed by atoms with E-state index in [0.29, 0.717) is 50.0 Å². The van der Waals surface area contributed by atoms with E-state index in [1.165, 1.54) is 10.4 Å². The Labute approximate surface area is 190 Å². The molecule has 1 N–H and O–H groups in total. The van der Waals surface area contributed by atoms with Gasteiger partial charge in [0.05, 0.1) is 11.8 Å². The molecular weight excluding hydrogens is 457 g/mol. The molecule has 1 aromatic carbocycles. The summed E-state index contributed by atoms with van der Waals surface area (Å²) in [7, 11) is -3.38. The molecule has 178 valence electrons. The minimum absolute atomic E-state index is 0.114. The van der Waals surface area contributed by atoms with Crippen molar-refractivity contribution in [1.29, 1.82) is 0 Å². The van der Waals surface area contributed by atoms with E-state index in [4.69, 9.17) is 0 Å². The lowest BCUT2D eigenvalue weighted by atomic mass is 9.91. The summed E-state index contributed by atoms with van der Waals surface area (Å²) < 4.78 is 65.6. The van der Waals surface area contributed by atoms with E-state index in [-0.39, 0.29) is 35.9 Å². The first kappa shape index (κ1) is 22.4. The number of rotatable bonds is 3. The zero-order valence-corrected chi connectivity index (χ0v) is 18.9. The van der Waals surface area contributed by atoms with Gasteiger partial charge in [-0.3, -0.25) is 9.89 Å². The molecule has 1 aliphatic carbocycles. The molecule has 0 bridgehead atoms. The highest BCUT2D eigenvalue weighted by molar-refractivity contribution is 7.88. The van der Waals surface area contributed by atoms with Gasteiger partial charge in [0.1, 0.15) is 0 Å². The standard InChI is InChI=1S/C22H25F3N4O3S/c1-33(31,32)29-7-6-19-17(12-29)20(27-26-19)21(30)28-10-14-8-13(9-15(14)11-28)16-4-2-3-5-18(16)22(23,24)25/h2-5,13-15H,6-12H2,1H3,(H,26,27)/t13-,14-,15+. The Morgan fingerprint density at radius 3 is 2.45 bits per heavy atom. The topological polar surface area (TPSA) is 86.4 Å². The Balaban J connectivity index is 1.30. The molecule has 5 rings (SSSR count). The zero-order valence-electron chi connectivity index (χ0n) is 18.1. The monoisotopic (exact) mass is 482 g/mol. The average molecular weight is 483 g/mol. The fraction of sp³-hybridized carbons (Fsp3) is 0.545. The Morgan fingerprint density at radius 2 is 1.82 bits per heavy atom. The number of halogens is 3. The van der Waals surface area contributed by atoms with E-state index in [1.54, 1.807) is 17.0 Å². The van der Waals surface area contributed by atoms with E-state index in [9.17, 15) is 26.4 Å². The van der Waals surface area contributed by atoms with Gasteiger partial charge < -0.3 is 4.90 Å². The number of nitrogens with zero attached hydrogens (tertiary/aromatic N) is 3. The lowest BCUT2D eigenvalue weighted by Gasteiger charge is -2.25. The van der Waals surface area contributed by atoms with Crippen LogP contribution in [0.2, 0.25) is 0 Å². The molecular formula is C22H25F3N4O3S. The highest BCUT2D eigenvalue weighted by Gasteiger charge is 2.46. The van der Waals surface area contributed by atoms with Gasteiger partial charge >= 0.3 is 6.18 Å². The molecule has 2 aliphatic heterocycles. The number of fused-ring (bicyclic) bond motifs is 2. The second-order valence-electron chi connectivity index (χ2n) is 9.36. The highest BCUT2D eigenvalue weighted by Crippen LogP contribution is 2.49. The van der Waals surface area contributed by atoms with Gasteiger partial charge in [0.15, 0.2) is 5.69 Å². The molecule has 0 spiro atoms. The van der Waals surface area contributed by atoms with E-state index in [0.717, 1.165) is 18.0 Å². The number of alkyl halides is 3. The van der Waals surface area contributed by atoms with E-state index >= 15 is 0 Å². The molecule has 0 unspecified atom stereocenters. The summed E-state index contributed by atoms with van der Waals surface area (Å²) in [4.78, 5) is 15.0. The number of nitrogens with one attached hydrogen (secondary N) is 1. The van der Waals surface area contributed by atoms with Crippen molar-refractivity contribution in [1.82, 2.24) is 19.4 Å². The first-order valence-electron chi connectivity index (χ1n) is 11.0. The minimum Gasteiger partial charge on any atom is -0.337 e. The smallest absolute Gasteiger partial charge is 0.337 e. The Bertz CT molecular complexity index is 1180. The number of aromatic amines is 1. The number of carbonyl (C=O) groups excluding carboxylic acids is 1. The summed E-state index contributed by atoms with van der Waals surface area (Å²) in [6, 6.07) is 5.77. The van der Waals surface area contributed by atoms with Crippen LogP contribution in [0.1, 0.15) is 51.6 Å². The Hall–Kier alpha value is -2.40. The van der Waals surface area contributed by atoms with Crippen LogP contribution in [0.4, 0.5) is 13.2 Å². The lowest BCUT2D eigenvalue weighted by Crippen LogP contribution is -2.36. The molecule has 7 nitrogen and oxygen atoms in total. The minimum atomic E-state index is -4.38. The van der Waals surface area contributed by atoms with Gasteiger partial charge in [-0.15, -0.1) is 0 Å². The van der Waals surface area contributed by atoms with Crippen LogP contribution in [0.25, 0.3) is 0 Å². The average Bonchev–Trinajstić information content (AvgIpc) is 3.44. The number of sulfonamides is 1. The predicted molar refractivity (Wildman–Crippen MR) is 114 cm³/mol. The first-order chi connectivity index (χ1) is 15.5. The Kier molecular flexibility index (Phi) is 5.32. The molecule has 11 heteroatoms. The third kappa shape index (κ3) is 4.05. The van der Waals surface area contributed by atoms with Gasteiger partial charge in [-0.25, -0.2) is 8.42 Å². The number of hydrogen-bond acceptors (Lipinski definition) is 4. The second kappa shape index (κ2) is 7.83. The molecule has 3 atom stereocenters. The molecule has 1 aromatic heterocycles. The lowest BCUT2D eigenvalue weighted by molar-refractivity contribution is -0.138. The van der Waals surface area contributed by atoms with E-state index in [2.05, 4.69) is 10.2 Å². The largest absolute Gasteiger partial charge is 0.416 e. The summed E-state index contributed by atoms with van der Waals surface area (Å²) >= 11 is 0. The van der Waals surface area contributed by atoms with Gasteiger partial charge in [-0.2, -0.15) is 22.6 Å². The van der Waals surface area contributed by atoms with Crippen LogP contribution in [0.5, 0.6) is 0 Å². The van der Waals surface area contributed by atoms with Crippen LogP contribution in [0.3, 0.4) is 0 Å². The highest BCUT2D eigenvalue weighted by atomic mass is 32.2. The van der Waals surface area contributed by atoms with Gasteiger partial charge in [0.25, 0.3) is 5.91 Å². The molecule has 1 saturated carbocycles. The maximum Gasteiger partial charge on any atom is 0.416 e. The molecule has 0 radical (unpaired) electrons. The van der Waals surface area contributed by atoms with Crippen LogP contribution in [-0.4, -0.2) is 59.6 Å². The SMILES string of the molecule is CS(=O)(=O)N1CCc2[nH]nc(C(=O)N3C[C@H]4C[C@@H](c5ccccc5C(F)(F)F)C[C@H]4C3)c2C1. The molecule has 2 fully saturated rings. The molecule has 2 aromatic rings. The third-order valence-electron chi connectivity index (χ3n) is 7.31. The predicted octanol–water partition coefficient (Wildman–Crippen LogP) is 3.01. The Morgan fingerprint density at radius 1 is 1.15 bits per heavy atom. The van der Waals surface area contributed by atoms with Crippen LogP contribution >= 0.6 is 0 Å². The van der Waals surface area contributed by atoms with Crippen molar-refractivity contribution in [2.75, 3.05) is 25.9 Å². The second-order valence-corrected chi connectivity index (χ2v) is 11.3. The normalized spacial score (nSPS) is 25.8.